The lowest BCUT2D eigenvalue weighted by Crippen LogP contribution is -2.54. The SMILES string of the molecule is C#C[C@]1(O)C=C[C@@H]2[C@@H]3CCC4=CC(=O)CC[C@@H]4[C@H]3CC[C@@]21CC. The predicted molar refractivity (Wildman–Crippen MR) is 90.4 cm³/mol. The number of hydrogen-bond acceptors (Lipinski definition) is 2. The van der Waals surface area contributed by atoms with Gasteiger partial charge in [-0.25, -0.2) is 0 Å². The average molecular weight is 310 g/mol. The highest BCUT2D eigenvalue weighted by Crippen LogP contribution is 2.63. The van der Waals surface area contributed by atoms with Gasteiger partial charge in [-0.15, -0.1) is 6.42 Å². The number of hydrogen-bond donors (Lipinski definition) is 1. The average Bonchev–Trinajstić information content (AvgIpc) is 2.88. The maximum atomic E-state index is 11.7. The van der Waals surface area contributed by atoms with E-state index in [-0.39, 0.29) is 5.41 Å². The fourth-order valence-electron chi connectivity index (χ4n) is 6.38. The van der Waals surface area contributed by atoms with Gasteiger partial charge in [0.05, 0.1) is 0 Å². The summed E-state index contributed by atoms with van der Waals surface area (Å²) in [6.45, 7) is 2.18. The second-order valence-electron chi connectivity index (χ2n) is 8.04. The van der Waals surface area contributed by atoms with Crippen molar-refractivity contribution in [1.29, 1.82) is 0 Å². The van der Waals surface area contributed by atoms with Crippen LogP contribution in [0.4, 0.5) is 0 Å². The van der Waals surface area contributed by atoms with E-state index in [1.807, 2.05) is 12.2 Å². The molecular formula is C21H26O2. The minimum Gasteiger partial charge on any atom is -0.373 e. The molecule has 2 saturated carbocycles. The molecule has 0 aromatic heterocycles. The zero-order chi connectivity index (χ0) is 16.2. The Bertz CT molecular complexity index is 637. The van der Waals surface area contributed by atoms with E-state index in [1.54, 1.807) is 0 Å². The van der Waals surface area contributed by atoms with Gasteiger partial charge in [0.1, 0.15) is 5.60 Å². The van der Waals surface area contributed by atoms with Crippen LogP contribution in [0.2, 0.25) is 0 Å². The molecule has 0 aromatic rings. The Hall–Kier alpha value is -1.33. The van der Waals surface area contributed by atoms with Crippen LogP contribution in [0.1, 0.15) is 51.9 Å². The molecule has 0 unspecified atom stereocenters. The van der Waals surface area contributed by atoms with Crippen molar-refractivity contribution in [2.75, 3.05) is 0 Å². The second-order valence-corrected chi connectivity index (χ2v) is 8.04. The van der Waals surface area contributed by atoms with Crippen molar-refractivity contribution < 1.29 is 9.90 Å². The van der Waals surface area contributed by atoms with Crippen LogP contribution in [0.3, 0.4) is 0 Å². The van der Waals surface area contributed by atoms with E-state index in [0.717, 1.165) is 38.5 Å². The van der Waals surface area contributed by atoms with E-state index in [2.05, 4.69) is 18.9 Å². The summed E-state index contributed by atoms with van der Waals surface area (Å²) in [5.41, 5.74) is 0.158. The Morgan fingerprint density at radius 1 is 1.30 bits per heavy atom. The van der Waals surface area contributed by atoms with Crippen molar-refractivity contribution in [1.82, 2.24) is 0 Å². The largest absolute Gasteiger partial charge is 0.373 e. The molecule has 23 heavy (non-hydrogen) atoms. The number of rotatable bonds is 1. The number of carbonyl (C=O) groups excluding carboxylic acids is 1. The molecule has 2 nitrogen and oxygen atoms in total. The highest BCUT2D eigenvalue weighted by Gasteiger charge is 2.61. The third kappa shape index (κ3) is 1.89. The van der Waals surface area contributed by atoms with Gasteiger partial charge in [0, 0.05) is 11.8 Å². The van der Waals surface area contributed by atoms with Crippen LogP contribution < -0.4 is 0 Å². The van der Waals surface area contributed by atoms with Crippen LogP contribution in [-0.4, -0.2) is 16.5 Å². The number of ketones is 1. The second kappa shape index (κ2) is 5.08. The number of aliphatic hydroxyl groups is 1. The molecule has 2 heteroatoms. The van der Waals surface area contributed by atoms with Crippen molar-refractivity contribution in [2.45, 2.75) is 57.5 Å². The third-order valence-electron chi connectivity index (χ3n) is 7.54. The molecule has 0 bridgehead atoms. The predicted octanol–water partition coefficient (Wildman–Crippen LogP) is 3.66. The summed E-state index contributed by atoms with van der Waals surface area (Å²) in [6.07, 6.45) is 18.8. The normalized spacial score (nSPS) is 48.0. The van der Waals surface area contributed by atoms with Crippen LogP contribution in [0.15, 0.2) is 23.8 Å². The molecule has 0 spiro atoms. The third-order valence-corrected chi connectivity index (χ3v) is 7.54. The van der Waals surface area contributed by atoms with Gasteiger partial charge in [-0.1, -0.05) is 24.5 Å². The lowest BCUT2D eigenvalue weighted by Gasteiger charge is -2.55. The fourth-order valence-corrected chi connectivity index (χ4v) is 6.38. The summed E-state index contributed by atoms with van der Waals surface area (Å²) < 4.78 is 0. The van der Waals surface area contributed by atoms with Crippen LogP contribution >= 0.6 is 0 Å². The van der Waals surface area contributed by atoms with Gasteiger partial charge in [0.2, 0.25) is 0 Å². The van der Waals surface area contributed by atoms with Crippen LogP contribution in [0.25, 0.3) is 0 Å². The molecule has 0 radical (unpaired) electrons. The standard InChI is InChI=1S/C21H26O2/c1-3-20-11-9-17-16-8-6-15(22)13-14(16)5-7-18(17)19(20)10-12-21(20,23)4-2/h2,10,12-13,16-19,23H,3,5-9,11H2,1H3/t16-,17+,18+,19+,20-,21-/m0/s1. The van der Waals surface area contributed by atoms with Crippen molar-refractivity contribution >= 4 is 5.78 Å². The van der Waals surface area contributed by atoms with Gasteiger partial charge < -0.3 is 5.11 Å². The van der Waals surface area contributed by atoms with Gasteiger partial charge in [0.25, 0.3) is 0 Å². The highest BCUT2D eigenvalue weighted by molar-refractivity contribution is 5.91. The molecule has 0 saturated heterocycles. The molecule has 6 atom stereocenters. The van der Waals surface area contributed by atoms with Crippen LogP contribution in [0, 0.1) is 41.4 Å². The van der Waals surface area contributed by atoms with E-state index >= 15 is 0 Å². The quantitative estimate of drug-likeness (QED) is 0.593. The Morgan fingerprint density at radius 2 is 2.13 bits per heavy atom. The molecule has 0 aliphatic heterocycles. The first kappa shape index (κ1) is 15.2. The maximum Gasteiger partial charge on any atom is 0.155 e. The van der Waals surface area contributed by atoms with E-state index in [4.69, 9.17) is 6.42 Å². The minimum absolute atomic E-state index is 0.172. The van der Waals surface area contributed by atoms with E-state index < -0.39 is 5.60 Å². The van der Waals surface area contributed by atoms with E-state index in [1.165, 1.54) is 5.57 Å². The van der Waals surface area contributed by atoms with E-state index in [9.17, 15) is 9.90 Å². The Kier molecular flexibility index (Phi) is 3.36. The zero-order valence-corrected chi connectivity index (χ0v) is 13.9. The van der Waals surface area contributed by atoms with Crippen LogP contribution in [0.5, 0.6) is 0 Å². The number of fused-ring (bicyclic) bond motifs is 5. The van der Waals surface area contributed by atoms with Crippen LogP contribution in [-0.2, 0) is 4.79 Å². The Morgan fingerprint density at radius 3 is 2.87 bits per heavy atom. The minimum atomic E-state index is -1.07. The van der Waals surface area contributed by atoms with E-state index in [0.29, 0.717) is 35.9 Å². The number of terminal acetylenes is 1. The topological polar surface area (TPSA) is 37.3 Å². The molecule has 1 N–H and O–H groups in total. The molecular weight excluding hydrogens is 284 g/mol. The van der Waals surface area contributed by atoms with Crippen molar-refractivity contribution in [3.63, 3.8) is 0 Å². The summed E-state index contributed by atoms with van der Waals surface area (Å²) in [4.78, 5) is 11.7. The Labute approximate surface area is 139 Å². The summed E-state index contributed by atoms with van der Waals surface area (Å²) in [5.74, 6) is 5.28. The summed E-state index contributed by atoms with van der Waals surface area (Å²) in [6, 6.07) is 0. The molecule has 0 amide bonds. The lowest BCUT2D eigenvalue weighted by atomic mass is 9.49. The molecule has 4 aliphatic carbocycles. The van der Waals surface area contributed by atoms with Gasteiger partial charge in [-0.2, -0.15) is 0 Å². The first-order valence-corrected chi connectivity index (χ1v) is 9.17. The van der Waals surface area contributed by atoms with Gasteiger partial charge >= 0.3 is 0 Å². The maximum absolute atomic E-state index is 11.7. The lowest BCUT2D eigenvalue weighted by molar-refractivity contribution is -0.116. The molecule has 2 fully saturated rings. The number of allylic oxidation sites excluding steroid dienone is 3. The molecule has 4 rings (SSSR count). The molecule has 122 valence electrons. The van der Waals surface area contributed by atoms with Gasteiger partial charge in [-0.3, -0.25) is 4.79 Å². The molecule has 4 aliphatic rings. The zero-order valence-electron chi connectivity index (χ0n) is 13.9. The smallest absolute Gasteiger partial charge is 0.155 e. The highest BCUT2D eigenvalue weighted by atomic mass is 16.3. The van der Waals surface area contributed by atoms with Crippen molar-refractivity contribution in [2.24, 2.45) is 29.1 Å². The summed E-state index contributed by atoms with van der Waals surface area (Å²) in [5, 5.41) is 11.0. The summed E-state index contributed by atoms with van der Waals surface area (Å²) >= 11 is 0. The molecule has 0 aromatic carbocycles. The van der Waals surface area contributed by atoms with Crippen molar-refractivity contribution in [3.8, 4) is 12.3 Å². The Balaban J connectivity index is 1.69. The monoisotopic (exact) mass is 310 g/mol. The van der Waals surface area contributed by atoms with Crippen molar-refractivity contribution in [3.05, 3.63) is 23.8 Å². The summed E-state index contributed by atoms with van der Waals surface area (Å²) in [7, 11) is 0. The van der Waals surface area contributed by atoms with Gasteiger partial charge in [0.15, 0.2) is 5.78 Å². The number of carbonyl (C=O) groups is 1. The molecule has 0 heterocycles. The first-order valence-electron chi connectivity index (χ1n) is 9.17. The first-order chi connectivity index (χ1) is 11.0. The fraction of sp³-hybridized carbons (Fsp3) is 0.667. The van der Waals surface area contributed by atoms with Gasteiger partial charge in [-0.05, 0) is 74.3 Å².